The summed E-state index contributed by atoms with van der Waals surface area (Å²) in [6.07, 6.45) is 6.51. The van der Waals surface area contributed by atoms with Crippen molar-refractivity contribution in [3.8, 4) is 0 Å². The van der Waals surface area contributed by atoms with E-state index in [9.17, 15) is 4.79 Å². The molecule has 0 aromatic heterocycles. The fourth-order valence-corrected chi connectivity index (χ4v) is 1.86. The number of ketones is 1. The monoisotopic (exact) mass is 226 g/mol. The molecule has 0 bridgehead atoms. The number of ether oxygens (including phenoxy) is 1. The van der Waals surface area contributed by atoms with Crippen LogP contribution < -0.4 is 0 Å². The Labute approximate surface area is 100 Å². The third-order valence-electron chi connectivity index (χ3n) is 2.65. The van der Waals surface area contributed by atoms with Gasteiger partial charge >= 0.3 is 0 Å². The van der Waals surface area contributed by atoms with Crippen molar-refractivity contribution in [2.45, 2.75) is 59.0 Å². The maximum atomic E-state index is 11.9. The predicted octanol–water partition coefficient (Wildman–Crippen LogP) is 3.75. The van der Waals surface area contributed by atoms with Gasteiger partial charge in [0.1, 0.15) is 6.10 Å². The van der Waals surface area contributed by atoms with Gasteiger partial charge in [0, 0.05) is 13.5 Å². The molecule has 1 atom stereocenters. The van der Waals surface area contributed by atoms with Crippen LogP contribution in [0.3, 0.4) is 0 Å². The lowest BCUT2D eigenvalue weighted by Gasteiger charge is -2.28. The molecule has 0 fully saturated rings. The molecule has 0 N–H and O–H groups in total. The van der Waals surface area contributed by atoms with Gasteiger partial charge in [-0.15, -0.1) is 6.58 Å². The Hall–Kier alpha value is -0.630. The summed E-state index contributed by atoms with van der Waals surface area (Å²) in [5.74, 6) is 0.230. The molecule has 1 unspecified atom stereocenters. The molecule has 0 spiro atoms. The lowest BCUT2D eigenvalue weighted by atomic mass is 9.85. The Morgan fingerprint density at radius 1 is 1.31 bits per heavy atom. The van der Waals surface area contributed by atoms with E-state index in [0.29, 0.717) is 6.42 Å². The second-order valence-electron chi connectivity index (χ2n) is 5.34. The van der Waals surface area contributed by atoms with E-state index in [0.717, 1.165) is 25.7 Å². The fourth-order valence-electron chi connectivity index (χ4n) is 1.86. The third kappa shape index (κ3) is 6.06. The zero-order valence-electron chi connectivity index (χ0n) is 11.2. The summed E-state index contributed by atoms with van der Waals surface area (Å²) < 4.78 is 5.29. The number of Topliss-reactive ketones (excluding diaryl/α,β-unsaturated/α-hetero) is 1. The topological polar surface area (TPSA) is 26.3 Å². The zero-order chi connectivity index (χ0) is 12.6. The van der Waals surface area contributed by atoms with Gasteiger partial charge in [0.05, 0.1) is 0 Å². The molecule has 2 heteroatoms. The maximum absolute atomic E-state index is 11.9. The highest BCUT2D eigenvalue weighted by molar-refractivity contribution is 5.83. The van der Waals surface area contributed by atoms with Crippen molar-refractivity contribution in [2.75, 3.05) is 7.11 Å². The molecule has 16 heavy (non-hydrogen) atoms. The van der Waals surface area contributed by atoms with Crippen molar-refractivity contribution in [3.63, 3.8) is 0 Å². The molecule has 0 saturated carbocycles. The lowest BCUT2D eigenvalue weighted by Crippen LogP contribution is -2.36. The predicted molar refractivity (Wildman–Crippen MR) is 68.5 cm³/mol. The Morgan fingerprint density at radius 2 is 1.94 bits per heavy atom. The largest absolute Gasteiger partial charge is 0.373 e. The lowest BCUT2D eigenvalue weighted by molar-refractivity contribution is -0.135. The summed E-state index contributed by atoms with van der Waals surface area (Å²) in [4.78, 5) is 11.9. The van der Waals surface area contributed by atoms with Crippen LogP contribution in [0.5, 0.6) is 0 Å². The van der Waals surface area contributed by atoms with Crippen LogP contribution in [0, 0.1) is 5.41 Å². The SMILES string of the molecule is C=CCCCCCC(=O)C(OC)C(C)(C)C. The Balaban J connectivity index is 3.90. The average molecular weight is 226 g/mol. The number of rotatable bonds is 8. The normalized spacial score (nSPS) is 13.5. The standard InChI is InChI=1S/C14H26O2/c1-6-7-8-9-10-11-12(15)13(16-5)14(2,3)4/h6,13H,1,7-11H2,2-5H3. The van der Waals surface area contributed by atoms with Gasteiger partial charge in [0.25, 0.3) is 0 Å². The van der Waals surface area contributed by atoms with Crippen LogP contribution in [0.25, 0.3) is 0 Å². The van der Waals surface area contributed by atoms with Crippen molar-refractivity contribution < 1.29 is 9.53 Å². The van der Waals surface area contributed by atoms with Gasteiger partial charge in [-0.1, -0.05) is 33.3 Å². The summed E-state index contributed by atoms with van der Waals surface area (Å²) in [6.45, 7) is 9.80. The van der Waals surface area contributed by atoms with E-state index < -0.39 is 0 Å². The zero-order valence-corrected chi connectivity index (χ0v) is 11.2. The van der Waals surface area contributed by atoms with Gasteiger partial charge in [-0.25, -0.2) is 0 Å². The molecule has 0 aromatic carbocycles. The highest BCUT2D eigenvalue weighted by atomic mass is 16.5. The van der Waals surface area contributed by atoms with Crippen molar-refractivity contribution >= 4 is 5.78 Å². The molecule has 0 heterocycles. The molecule has 0 aliphatic rings. The first-order chi connectivity index (χ1) is 7.43. The highest BCUT2D eigenvalue weighted by Gasteiger charge is 2.30. The van der Waals surface area contributed by atoms with Gasteiger partial charge in [-0.3, -0.25) is 4.79 Å². The molecule has 94 valence electrons. The first kappa shape index (κ1) is 15.4. The van der Waals surface area contributed by atoms with Crippen LogP contribution in [0.1, 0.15) is 52.9 Å². The van der Waals surface area contributed by atoms with E-state index >= 15 is 0 Å². The number of hydrogen-bond acceptors (Lipinski definition) is 2. The summed E-state index contributed by atoms with van der Waals surface area (Å²) in [6, 6.07) is 0. The van der Waals surface area contributed by atoms with Crippen LogP contribution in [0.15, 0.2) is 12.7 Å². The quantitative estimate of drug-likeness (QED) is 0.465. The fraction of sp³-hybridized carbons (Fsp3) is 0.786. The van der Waals surface area contributed by atoms with Crippen LogP contribution >= 0.6 is 0 Å². The number of methoxy groups -OCH3 is 1. The van der Waals surface area contributed by atoms with Crippen LogP contribution in [-0.2, 0) is 9.53 Å². The van der Waals surface area contributed by atoms with E-state index in [4.69, 9.17) is 4.74 Å². The van der Waals surface area contributed by atoms with E-state index in [1.54, 1.807) is 7.11 Å². The van der Waals surface area contributed by atoms with Gasteiger partial charge in [0.2, 0.25) is 0 Å². The molecule has 0 rings (SSSR count). The van der Waals surface area contributed by atoms with E-state index in [2.05, 4.69) is 6.58 Å². The first-order valence-corrected chi connectivity index (χ1v) is 6.10. The molecule has 2 nitrogen and oxygen atoms in total. The molecule has 0 saturated heterocycles. The molecule has 0 aliphatic heterocycles. The van der Waals surface area contributed by atoms with Crippen LogP contribution in [0.2, 0.25) is 0 Å². The van der Waals surface area contributed by atoms with E-state index in [1.165, 1.54) is 0 Å². The molecule has 0 aromatic rings. The summed E-state index contributed by atoms with van der Waals surface area (Å²) >= 11 is 0. The summed E-state index contributed by atoms with van der Waals surface area (Å²) in [5.41, 5.74) is -0.104. The highest BCUT2D eigenvalue weighted by Crippen LogP contribution is 2.24. The van der Waals surface area contributed by atoms with Gasteiger partial charge < -0.3 is 4.74 Å². The van der Waals surface area contributed by atoms with Crippen molar-refractivity contribution in [3.05, 3.63) is 12.7 Å². The smallest absolute Gasteiger partial charge is 0.162 e. The number of allylic oxidation sites excluding steroid dienone is 1. The first-order valence-electron chi connectivity index (χ1n) is 6.10. The summed E-state index contributed by atoms with van der Waals surface area (Å²) in [7, 11) is 1.62. The number of hydrogen-bond donors (Lipinski definition) is 0. The summed E-state index contributed by atoms with van der Waals surface area (Å²) in [5, 5.41) is 0. The number of carbonyl (C=O) groups is 1. The van der Waals surface area contributed by atoms with E-state index in [-0.39, 0.29) is 17.3 Å². The molecule has 0 aliphatic carbocycles. The van der Waals surface area contributed by atoms with Crippen molar-refractivity contribution in [2.24, 2.45) is 5.41 Å². The minimum Gasteiger partial charge on any atom is -0.373 e. The maximum Gasteiger partial charge on any atom is 0.162 e. The second-order valence-corrected chi connectivity index (χ2v) is 5.34. The third-order valence-corrected chi connectivity index (χ3v) is 2.65. The van der Waals surface area contributed by atoms with E-state index in [1.807, 2.05) is 26.8 Å². The molecular formula is C14H26O2. The van der Waals surface area contributed by atoms with Gasteiger partial charge in [0.15, 0.2) is 5.78 Å². The van der Waals surface area contributed by atoms with Crippen LogP contribution in [-0.4, -0.2) is 19.0 Å². The molecule has 0 amide bonds. The second kappa shape index (κ2) is 7.61. The minimum absolute atomic E-state index is 0.104. The Bertz CT molecular complexity index is 213. The molecule has 0 radical (unpaired) electrons. The minimum atomic E-state index is -0.271. The van der Waals surface area contributed by atoms with Gasteiger partial charge in [-0.05, 0) is 24.7 Å². The average Bonchev–Trinajstić information content (AvgIpc) is 2.16. The Kier molecular flexibility index (Phi) is 7.31. The van der Waals surface area contributed by atoms with Gasteiger partial charge in [-0.2, -0.15) is 0 Å². The Morgan fingerprint density at radius 3 is 2.38 bits per heavy atom. The number of unbranched alkanes of at least 4 members (excludes halogenated alkanes) is 3. The number of carbonyl (C=O) groups excluding carboxylic acids is 1. The van der Waals surface area contributed by atoms with Crippen molar-refractivity contribution in [1.82, 2.24) is 0 Å². The van der Waals surface area contributed by atoms with Crippen molar-refractivity contribution in [1.29, 1.82) is 0 Å². The van der Waals surface area contributed by atoms with Crippen LogP contribution in [0.4, 0.5) is 0 Å². The molecular weight excluding hydrogens is 200 g/mol.